The Hall–Kier alpha value is -0.870. The van der Waals surface area contributed by atoms with Crippen LogP contribution in [0.5, 0.6) is 0 Å². The van der Waals surface area contributed by atoms with E-state index < -0.39 is 0 Å². The lowest BCUT2D eigenvalue weighted by atomic mass is 10.3. The third-order valence-electron chi connectivity index (χ3n) is 2.16. The normalized spacial score (nSPS) is 10.6. The molecule has 15 heavy (non-hydrogen) atoms. The van der Waals surface area contributed by atoms with Crippen LogP contribution in [-0.2, 0) is 5.33 Å². The van der Waals surface area contributed by atoms with E-state index in [0.29, 0.717) is 0 Å². The van der Waals surface area contributed by atoms with Gasteiger partial charge in [0.25, 0.3) is 0 Å². The smallest absolute Gasteiger partial charge is 0.0841 e. The van der Waals surface area contributed by atoms with Gasteiger partial charge in [-0.2, -0.15) is 0 Å². The van der Waals surface area contributed by atoms with Gasteiger partial charge in [-0.05, 0) is 31.2 Å². The molecule has 1 aromatic heterocycles. The van der Waals surface area contributed by atoms with E-state index >= 15 is 0 Å². The summed E-state index contributed by atoms with van der Waals surface area (Å²) in [5.41, 5.74) is 2.95. The first-order valence-corrected chi connectivity index (χ1v) is 5.95. The van der Waals surface area contributed by atoms with Gasteiger partial charge in [0.15, 0.2) is 0 Å². The molecule has 78 valence electrons. The second kappa shape index (κ2) is 4.33. The first-order chi connectivity index (χ1) is 7.22. The van der Waals surface area contributed by atoms with Gasteiger partial charge in [0.05, 0.1) is 17.1 Å². The van der Waals surface area contributed by atoms with E-state index in [0.717, 1.165) is 27.4 Å². The van der Waals surface area contributed by atoms with Crippen molar-refractivity contribution in [2.45, 2.75) is 12.3 Å². The zero-order valence-corrected chi connectivity index (χ0v) is 10.5. The van der Waals surface area contributed by atoms with Gasteiger partial charge in [-0.25, -0.2) is 4.68 Å². The van der Waals surface area contributed by atoms with Gasteiger partial charge in [0.2, 0.25) is 0 Å². The van der Waals surface area contributed by atoms with Crippen molar-refractivity contribution in [2.75, 3.05) is 0 Å². The molecule has 3 nitrogen and oxygen atoms in total. The highest BCUT2D eigenvalue weighted by Crippen LogP contribution is 2.17. The summed E-state index contributed by atoms with van der Waals surface area (Å²) < 4.78 is 1.81. The molecule has 0 aliphatic rings. The molecular formula is C10H9BrClN3. The summed E-state index contributed by atoms with van der Waals surface area (Å²) in [6.45, 7) is 1.94. The van der Waals surface area contributed by atoms with Crippen LogP contribution < -0.4 is 0 Å². The third-order valence-corrected chi connectivity index (χ3v) is 2.94. The fourth-order valence-corrected chi connectivity index (χ4v) is 2.09. The van der Waals surface area contributed by atoms with Gasteiger partial charge in [-0.1, -0.05) is 32.7 Å². The molecule has 0 aliphatic carbocycles. The van der Waals surface area contributed by atoms with Crippen molar-refractivity contribution in [2.24, 2.45) is 0 Å². The van der Waals surface area contributed by atoms with E-state index in [1.807, 2.05) is 31.2 Å². The van der Waals surface area contributed by atoms with Crippen LogP contribution in [0.15, 0.2) is 24.3 Å². The maximum absolute atomic E-state index is 5.82. The number of rotatable bonds is 2. The summed E-state index contributed by atoms with van der Waals surface area (Å²) in [6.07, 6.45) is 0. The molecule has 0 amide bonds. The summed E-state index contributed by atoms with van der Waals surface area (Å²) >= 11 is 9.25. The van der Waals surface area contributed by atoms with Crippen LogP contribution in [0.2, 0.25) is 5.02 Å². The predicted molar refractivity (Wildman–Crippen MR) is 63.7 cm³/mol. The van der Waals surface area contributed by atoms with Crippen LogP contribution in [-0.4, -0.2) is 15.0 Å². The maximum atomic E-state index is 5.82. The average Bonchev–Trinajstić information content (AvgIpc) is 2.61. The highest BCUT2D eigenvalue weighted by Gasteiger charge is 2.08. The molecule has 0 spiro atoms. The van der Waals surface area contributed by atoms with E-state index in [4.69, 9.17) is 11.6 Å². The van der Waals surface area contributed by atoms with Crippen molar-refractivity contribution in [1.82, 2.24) is 15.0 Å². The van der Waals surface area contributed by atoms with Gasteiger partial charge < -0.3 is 0 Å². The number of halogens is 2. The standard InChI is InChI=1S/C10H9BrClN3/c1-7-10(6-11)15(14-13-7)9-4-2-8(12)3-5-9/h2-5H,6H2,1H3. The van der Waals surface area contributed by atoms with E-state index in [9.17, 15) is 0 Å². The van der Waals surface area contributed by atoms with Gasteiger partial charge in [0.1, 0.15) is 0 Å². The van der Waals surface area contributed by atoms with Crippen LogP contribution in [0.1, 0.15) is 11.4 Å². The molecular weight excluding hydrogens is 277 g/mol. The SMILES string of the molecule is Cc1nnn(-c2ccc(Cl)cc2)c1CBr. The number of aromatic nitrogens is 3. The Morgan fingerprint density at radius 1 is 1.33 bits per heavy atom. The third kappa shape index (κ3) is 2.06. The monoisotopic (exact) mass is 285 g/mol. The Morgan fingerprint density at radius 3 is 2.60 bits per heavy atom. The minimum absolute atomic E-state index is 0.718. The van der Waals surface area contributed by atoms with Crippen molar-refractivity contribution >= 4 is 27.5 Å². The van der Waals surface area contributed by atoms with Crippen molar-refractivity contribution in [3.8, 4) is 5.69 Å². The number of aryl methyl sites for hydroxylation is 1. The first kappa shape index (κ1) is 10.6. The molecule has 1 heterocycles. The number of benzene rings is 1. The average molecular weight is 287 g/mol. The molecule has 2 rings (SSSR count). The molecule has 1 aromatic carbocycles. The number of alkyl halides is 1. The van der Waals surface area contributed by atoms with E-state index in [1.54, 1.807) is 4.68 Å². The predicted octanol–water partition coefficient (Wildman–Crippen LogP) is 3.12. The minimum atomic E-state index is 0.718. The molecule has 0 unspecified atom stereocenters. The molecule has 2 aromatic rings. The van der Waals surface area contributed by atoms with Crippen LogP contribution in [0.3, 0.4) is 0 Å². The first-order valence-electron chi connectivity index (χ1n) is 4.45. The zero-order chi connectivity index (χ0) is 10.8. The largest absolute Gasteiger partial charge is 0.216 e. The van der Waals surface area contributed by atoms with Crippen LogP contribution in [0.25, 0.3) is 5.69 Å². The molecule has 0 radical (unpaired) electrons. The highest BCUT2D eigenvalue weighted by molar-refractivity contribution is 9.08. The number of hydrogen-bond acceptors (Lipinski definition) is 2. The van der Waals surface area contributed by atoms with E-state index in [-0.39, 0.29) is 0 Å². The molecule has 5 heteroatoms. The van der Waals surface area contributed by atoms with E-state index in [1.165, 1.54) is 0 Å². The highest BCUT2D eigenvalue weighted by atomic mass is 79.9. The van der Waals surface area contributed by atoms with Gasteiger partial charge in [0, 0.05) is 10.4 Å². The quantitative estimate of drug-likeness (QED) is 0.794. The summed E-state index contributed by atoms with van der Waals surface area (Å²) in [5.74, 6) is 0. The Kier molecular flexibility index (Phi) is 3.07. The fraction of sp³-hybridized carbons (Fsp3) is 0.200. The Bertz CT molecular complexity index is 464. The second-order valence-electron chi connectivity index (χ2n) is 3.14. The lowest BCUT2D eigenvalue weighted by molar-refractivity contribution is 0.782. The molecule has 0 atom stereocenters. The van der Waals surface area contributed by atoms with Crippen LogP contribution in [0, 0.1) is 6.92 Å². The summed E-state index contributed by atoms with van der Waals surface area (Å²) in [5, 5.41) is 9.57. The van der Waals surface area contributed by atoms with Crippen molar-refractivity contribution in [1.29, 1.82) is 0 Å². The molecule has 0 aliphatic heterocycles. The molecule has 0 saturated heterocycles. The lowest BCUT2D eigenvalue weighted by Gasteiger charge is -2.04. The molecule has 0 N–H and O–H groups in total. The van der Waals surface area contributed by atoms with Gasteiger partial charge in [-0.3, -0.25) is 0 Å². The summed E-state index contributed by atoms with van der Waals surface area (Å²) in [4.78, 5) is 0. The molecule has 0 bridgehead atoms. The maximum Gasteiger partial charge on any atom is 0.0841 e. The second-order valence-corrected chi connectivity index (χ2v) is 4.14. The Labute approximate surface area is 101 Å². The van der Waals surface area contributed by atoms with Gasteiger partial charge >= 0.3 is 0 Å². The Balaban J connectivity index is 2.49. The van der Waals surface area contributed by atoms with Gasteiger partial charge in [-0.15, -0.1) is 5.10 Å². The molecule has 0 saturated carbocycles. The zero-order valence-electron chi connectivity index (χ0n) is 8.11. The summed E-state index contributed by atoms with van der Waals surface area (Å²) in [6, 6.07) is 7.52. The Morgan fingerprint density at radius 2 is 2.00 bits per heavy atom. The number of nitrogens with zero attached hydrogens (tertiary/aromatic N) is 3. The van der Waals surface area contributed by atoms with Crippen molar-refractivity contribution in [3.63, 3.8) is 0 Å². The van der Waals surface area contributed by atoms with Crippen molar-refractivity contribution < 1.29 is 0 Å². The minimum Gasteiger partial charge on any atom is -0.216 e. The number of hydrogen-bond donors (Lipinski definition) is 0. The molecule has 0 fully saturated rings. The van der Waals surface area contributed by atoms with Crippen LogP contribution >= 0.6 is 27.5 Å². The topological polar surface area (TPSA) is 30.7 Å². The van der Waals surface area contributed by atoms with Crippen molar-refractivity contribution in [3.05, 3.63) is 40.7 Å². The van der Waals surface area contributed by atoms with Crippen LogP contribution in [0.4, 0.5) is 0 Å². The summed E-state index contributed by atoms with van der Waals surface area (Å²) in [7, 11) is 0. The van der Waals surface area contributed by atoms with E-state index in [2.05, 4.69) is 26.2 Å². The lowest BCUT2D eigenvalue weighted by Crippen LogP contribution is -2.00. The fourth-order valence-electron chi connectivity index (χ4n) is 1.32.